The van der Waals surface area contributed by atoms with Gasteiger partial charge in [-0.25, -0.2) is 0 Å². The van der Waals surface area contributed by atoms with Crippen LogP contribution in [0.25, 0.3) is 0 Å². The predicted octanol–water partition coefficient (Wildman–Crippen LogP) is 3.39. The molecule has 2 nitrogen and oxygen atoms in total. The molecule has 2 bridgehead atoms. The second-order valence-corrected chi connectivity index (χ2v) is 6.02. The van der Waals surface area contributed by atoms with Crippen LogP contribution in [0.3, 0.4) is 0 Å². The van der Waals surface area contributed by atoms with Crippen molar-refractivity contribution in [3.05, 3.63) is 28.8 Å². The van der Waals surface area contributed by atoms with E-state index in [9.17, 15) is 5.11 Å². The lowest BCUT2D eigenvalue weighted by molar-refractivity contribution is 0.181. The minimum atomic E-state index is 0.313. The Morgan fingerprint density at radius 2 is 2.06 bits per heavy atom. The van der Waals surface area contributed by atoms with E-state index in [-0.39, 0.29) is 0 Å². The van der Waals surface area contributed by atoms with Crippen LogP contribution in [0.1, 0.15) is 31.2 Å². The highest BCUT2D eigenvalue weighted by Gasteiger charge is 2.42. The van der Waals surface area contributed by atoms with Crippen molar-refractivity contribution < 1.29 is 5.11 Å². The first kappa shape index (κ1) is 12.3. The number of aliphatic hydroxyl groups excluding tert-OH is 1. The summed E-state index contributed by atoms with van der Waals surface area (Å²) in [6.07, 6.45) is 4.84. The fourth-order valence-corrected chi connectivity index (χ4v) is 3.89. The van der Waals surface area contributed by atoms with Crippen LogP contribution >= 0.6 is 11.6 Å². The van der Waals surface area contributed by atoms with E-state index in [0.29, 0.717) is 24.6 Å². The number of fused-ring (bicyclic) bond motifs is 2. The van der Waals surface area contributed by atoms with E-state index in [2.05, 4.69) is 17.9 Å². The van der Waals surface area contributed by atoms with Gasteiger partial charge in [-0.05, 0) is 50.3 Å². The van der Waals surface area contributed by atoms with Gasteiger partial charge in [0.15, 0.2) is 0 Å². The molecule has 1 N–H and O–H groups in total. The smallest absolute Gasteiger partial charge is 0.0478 e. The maximum Gasteiger partial charge on any atom is 0.0478 e. The lowest BCUT2D eigenvalue weighted by Crippen LogP contribution is -2.46. The van der Waals surface area contributed by atoms with Gasteiger partial charge >= 0.3 is 0 Å². The third kappa shape index (κ3) is 1.83. The molecule has 2 aliphatic heterocycles. The monoisotopic (exact) mass is 265 g/mol. The molecule has 3 unspecified atom stereocenters. The van der Waals surface area contributed by atoms with Gasteiger partial charge in [0.2, 0.25) is 0 Å². The van der Waals surface area contributed by atoms with E-state index in [0.717, 1.165) is 5.02 Å². The standard InChI is InChI=1S/C15H20ClNO/c1-10-13(16)3-2-4-14(10)17-12-6-5-11(9-18)15(17)8-7-12/h2-4,11-12,15,18H,5-9H2,1H3. The third-order valence-corrected chi connectivity index (χ3v) is 5.12. The van der Waals surface area contributed by atoms with Crippen molar-refractivity contribution in [1.82, 2.24) is 0 Å². The van der Waals surface area contributed by atoms with Gasteiger partial charge in [-0.3, -0.25) is 0 Å². The van der Waals surface area contributed by atoms with Gasteiger partial charge in [0, 0.05) is 35.3 Å². The normalized spacial score (nSPS) is 30.8. The molecule has 0 spiro atoms. The van der Waals surface area contributed by atoms with Gasteiger partial charge in [-0.2, -0.15) is 0 Å². The Morgan fingerprint density at radius 1 is 1.28 bits per heavy atom. The first-order valence-electron chi connectivity index (χ1n) is 6.86. The van der Waals surface area contributed by atoms with Crippen LogP contribution in [0, 0.1) is 12.8 Å². The number of hydrogen-bond acceptors (Lipinski definition) is 2. The maximum atomic E-state index is 9.55. The molecule has 1 aromatic rings. The molecular formula is C15H20ClNO. The van der Waals surface area contributed by atoms with Crippen molar-refractivity contribution in [2.45, 2.75) is 44.7 Å². The van der Waals surface area contributed by atoms with Crippen molar-refractivity contribution in [2.24, 2.45) is 5.92 Å². The predicted molar refractivity (Wildman–Crippen MR) is 75.3 cm³/mol. The summed E-state index contributed by atoms with van der Waals surface area (Å²) in [4.78, 5) is 2.53. The van der Waals surface area contributed by atoms with Gasteiger partial charge in [0.25, 0.3) is 0 Å². The number of hydrogen-bond donors (Lipinski definition) is 1. The van der Waals surface area contributed by atoms with E-state index in [1.807, 2.05) is 12.1 Å². The third-order valence-electron chi connectivity index (χ3n) is 4.71. The fraction of sp³-hybridized carbons (Fsp3) is 0.600. The lowest BCUT2D eigenvalue weighted by atomic mass is 9.90. The topological polar surface area (TPSA) is 23.5 Å². The number of halogens is 1. The van der Waals surface area contributed by atoms with Crippen LogP contribution in [0.2, 0.25) is 5.02 Å². The molecule has 1 aromatic carbocycles. The van der Waals surface area contributed by atoms with E-state index in [4.69, 9.17) is 11.6 Å². The van der Waals surface area contributed by atoms with Crippen molar-refractivity contribution in [2.75, 3.05) is 11.5 Å². The summed E-state index contributed by atoms with van der Waals surface area (Å²) in [5.74, 6) is 0.433. The molecule has 98 valence electrons. The minimum Gasteiger partial charge on any atom is -0.396 e. The molecule has 3 rings (SSSR count). The summed E-state index contributed by atoms with van der Waals surface area (Å²) in [6, 6.07) is 7.32. The second-order valence-electron chi connectivity index (χ2n) is 5.61. The molecule has 3 heteroatoms. The van der Waals surface area contributed by atoms with Crippen LogP contribution in [0.5, 0.6) is 0 Å². The molecule has 2 fully saturated rings. The van der Waals surface area contributed by atoms with Gasteiger partial charge in [0.1, 0.15) is 0 Å². The number of benzene rings is 1. The second kappa shape index (κ2) is 4.75. The van der Waals surface area contributed by atoms with Gasteiger partial charge < -0.3 is 10.0 Å². The molecular weight excluding hydrogens is 246 g/mol. The summed E-state index contributed by atoms with van der Waals surface area (Å²) in [5.41, 5.74) is 2.45. The maximum absolute atomic E-state index is 9.55. The van der Waals surface area contributed by atoms with Crippen LogP contribution in [0.4, 0.5) is 5.69 Å². The Labute approximate surface area is 114 Å². The summed E-state index contributed by atoms with van der Waals surface area (Å²) in [5, 5.41) is 10.4. The molecule has 2 aliphatic rings. The fourth-order valence-electron chi connectivity index (χ4n) is 3.72. The molecule has 0 radical (unpaired) electrons. The quantitative estimate of drug-likeness (QED) is 0.886. The lowest BCUT2D eigenvalue weighted by Gasteiger charge is -2.42. The molecule has 2 saturated heterocycles. The Morgan fingerprint density at radius 3 is 2.83 bits per heavy atom. The first-order valence-corrected chi connectivity index (χ1v) is 7.24. The van der Waals surface area contributed by atoms with Crippen LogP contribution in [-0.4, -0.2) is 23.8 Å². The van der Waals surface area contributed by atoms with Crippen molar-refractivity contribution in [1.29, 1.82) is 0 Å². The molecule has 2 heterocycles. The van der Waals surface area contributed by atoms with Crippen molar-refractivity contribution in [3.8, 4) is 0 Å². The van der Waals surface area contributed by atoms with Gasteiger partial charge in [-0.1, -0.05) is 17.7 Å². The van der Waals surface area contributed by atoms with Crippen LogP contribution in [0.15, 0.2) is 18.2 Å². The minimum absolute atomic E-state index is 0.313. The van der Waals surface area contributed by atoms with Crippen molar-refractivity contribution >= 4 is 17.3 Å². The number of anilines is 1. The molecule has 18 heavy (non-hydrogen) atoms. The molecule has 0 amide bonds. The molecule has 3 atom stereocenters. The summed E-state index contributed by atoms with van der Waals surface area (Å²) in [7, 11) is 0. The van der Waals surface area contributed by atoms with Gasteiger partial charge in [-0.15, -0.1) is 0 Å². The summed E-state index contributed by atoms with van der Waals surface area (Å²) in [6.45, 7) is 2.41. The average Bonchev–Trinajstić information content (AvgIpc) is 2.67. The van der Waals surface area contributed by atoms with Gasteiger partial charge in [0.05, 0.1) is 0 Å². The Kier molecular flexibility index (Phi) is 3.25. The number of piperidine rings is 1. The highest BCUT2D eigenvalue weighted by atomic mass is 35.5. The average molecular weight is 266 g/mol. The zero-order chi connectivity index (χ0) is 12.7. The zero-order valence-corrected chi connectivity index (χ0v) is 11.5. The molecule has 0 aliphatic carbocycles. The molecule has 0 saturated carbocycles. The Bertz CT molecular complexity index is 448. The molecule has 0 aromatic heterocycles. The summed E-state index contributed by atoms with van der Waals surface area (Å²) >= 11 is 6.24. The highest BCUT2D eigenvalue weighted by molar-refractivity contribution is 6.31. The summed E-state index contributed by atoms with van der Waals surface area (Å²) < 4.78 is 0. The largest absolute Gasteiger partial charge is 0.396 e. The van der Waals surface area contributed by atoms with E-state index >= 15 is 0 Å². The van der Waals surface area contributed by atoms with E-state index < -0.39 is 0 Å². The SMILES string of the molecule is Cc1c(Cl)cccc1N1C2CCC(CO)C1CC2. The van der Waals surface area contributed by atoms with E-state index in [1.165, 1.54) is 36.9 Å². The van der Waals surface area contributed by atoms with Crippen LogP contribution in [-0.2, 0) is 0 Å². The number of aliphatic hydroxyl groups is 1. The van der Waals surface area contributed by atoms with Crippen LogP contribution < -0.4 is 4.90 Å². The Hall–Kier alpha value is -0.730. The van der Waals surface area contributed by atoms with E-state index in [1.54, 1.807) is 0 Å². The van der Waals surface area contributed by atoms with Crippen molar-refractivity contribution in [3.63, 3.8) is 0 Å². The number of rotatable bonds is 2. The Balaban J connectivity index is 1.98. The highest BCUT2D eigenvalue weighted by Crippen LogP contribution is 2.43. The number of nitrogens with zero attached hydrogens (tertiary/aromatic N) is 1. The first-order chi connectivity index (χ1) is 8.72. The zero-order valence-electron chi connectivity index (χ0n) is 10.8.